The van der Waals surface area contributed by atoms with Gasteiger partial charge in [0.25, 0.3) is 0 Å². The molecule has 0 saturated heterocycles. The zero-order valence-corrected chi connectivity index (χ0v) is 16.7. The van der Waals surface area contributed by atoms with Crippen molar-refractivity contribution in [3.05, 3.63) is 23.3 Å². The maximum Gasteiger partial charge on any atom is 0.122 e. The van der Waals surface area contributed by atoms with Crippen molar-refractivity contribution in [1.82, 2.24) is 4.90 Å². The summed E-state index contributed by atoms with van der Waals surface area (Å²) in [6.07, 6.45) is 3.04. The normalized spacial score (nSPS) is 18.8. The minimum atomic E-state index is 0.365. The van der Waals surface area contributed by atoms with Crippen molar-refractivity contribution in [3.8, 4) is 5.75 Å². The number of ether oxygens (including phenoxy) is 1. The molecule has 1 aromatic rings. The first kappa shape index (κ1) is 18.8. The van der Waals surface area contributed by atoms with Crippen molar-refractivity contribution in [3.63, 3.8) is 0 Å². The molecule has 1 aliphatic carbocycles. The Morgan fingerprint density at radius 3 is 2.29 bits per heavy atom. The summed E-state index contributed by atoms with van der Waals surface area (Å²) in [6, 6.07) is 4.26. The lowest BCUT2D eigenvalue weighted by Gasteiger charge is -2.14. The van der Waals surface area contributed by atoms with E-state index < -0.39 is 0 Å². The summed E-state index contributed by atoms with van der Waals surface area (Å²) in [6.45, 7) is 17.5. The lowest BCUT2D eigenvalue weighted by atomic mass is 10.0. The van der Waals surface area contributed by atoms with E-state index in [-0.39, 0.29) is 0 Å². The second kappa shape index (κ2) is 6.78. The Bertz CT molecular complexity index is 603. The van der Waals surface area contributed by atoms with Gasteiger partial charge in [0.15, 0.2) is 0 Å². The Balaban J connectivity index is 2.05. The molecule has 0 aliphatic heterocycles. The highest BCUT2D eigenvalue weighted by Crippen LogP contribution is 2.68. The van der Waals surface area contributed by atoms with Crippen LogP contribution in [0.15, 0.2) is 17.1 Å². The molecule has 0 heterocycles. The van der Waals surface area contributed by atoms with E-state index in [0.29, 0.717) is 16.7 Å². The molecule has 24 heavy (non-hydrogen) atoms. The molecule has 0 bridgehead atoms. The van der Waals surface area contributed by atoms with Crippen LogP contribution in [0.1, 0.15) is 52.2 Å². The number of nitrogens with zero attached hydrogens (tertiary/aromatic N) is 2. The summed E-state index contributed by atoms with van der Waals surface area (Å²) in [5, 5.41) is 0. The van der Waals surface area contributed by atoms with Crippen molar-refractivity contribution in [1.29, 1.82) is 0 Å². The van der Waals surface area contributed by atoms with Gasteiger partial charge in [-0.15, -0.1) is 0 Å². The first-order chi connectivity index (χ1) is 11.1. The second-order valence-electron chi connectivity index (χ2n) is 8.44. The number of aryl methyl sites for hydroxylation is 2. The number of hydrogen-bond donors (Lipinski definition) is 0. The fraction of sp³-hybridized carbons (Fsp3) is 0.667. The molecule has 3 heteroatoms. The van der Waals surface area contributed by atoms with Crippen molar-refractivity contribution in [2.45, 2.75) is 54.9 Å². The predicted molar refractivity (Wildman–Crippen MR) is 104 cm³/mol. The molecule has 0 N–H and O–H groups in total. The third-order valence-electron chi connectivity index (χ3n) is 6.19. The van der Waals surface area contributed by atoms with E-state index >= 15 is 0 Å². The van der Waals surface area contributed by atoms with Gasteiger partial charge in [-0.05, 0) is 54.4 Å². The van der Waals surface area contributed by atoms with Crippen LogP contribution in [0, 0.1) is 30.6 Å². The molecule has 0 radical (unpaired) electrons. The molecule has 134 valence electrons. The average Bonchev–Trinajstić information content (AvgIpc) is 2.88. The highest BCUT2D eigenvalue weighted by atomic mass is 16.5. The van der Waals surface area contributed by atoms with Crippen molar-refractivity contribution < 1.29 is 4.74 Å². The summed E-state index contributed by atoms with van der Waals surface area (Å²) in [5.74, 6) is 1.61. The molecule has 1 fully saturated rings. The topological polar surface area (TPSA) is 24.8 Å². The quantitative estimate of drug-likeness (QED) is 0.496. The first-order valence-corrected chi connectivity index (χ1v) is 9.09. The Hall–Kier alpha value is -1.51. The molecule has 0 spiro atoms. The monoisotopic (exact) mass is 330 g/mol. The van der Waals surface area contributed by atoms with Gasteiger partial charge in [0, 0.05) is 19.5 Å². The van der Waals surface area contributed by atoms with Crippen LogP contribution in [0.2, 0.25) is 0 Å². The molecule has 0 unspecified atom stereocenters. The van der Waals surface area contributed by atoms with Crippen LogP contribution in [0.4, 0.5) is 5.69 Å². The number of benzene rings is 1. The van der Waals surface area contributed by atoms with Crippen LogP contribution in [0.3, 0.4) is 0 Å². The average molecular weight is 331 g/mol. The number of rotatable bonds is 7. The first-order valence-electron chi connectivity index (χ1n) is 9.09. The van der Waals surface area contributed by atoms with Gasteiger partial charge in [-0.2, -0.15) is 0 Å². The minimum absolute atomic E-state index is 0.365. The lowest BCUT2D eigenvalue weighted by molar-refractivity contribution is 0.271. The molecule has 0 atom stereocenters. The molecule has 3 nitrogen and oxygen atoms in total. The Labute approximate surface area is 148 Å². The van der Waals surface area contributed by atoms with E-state index in [2.05, 4.69) is 77.5 Å². The van der Waals surface area contributed by atoms with Crippen molar-refractivity contribution >= 4 is 12.0 Å². The van der Waals surface area contributed by atoms with Gasteiger partial charge in [-0.3, -0.25) is 0 Å². The van der Waals surface area contributed by atoms with Crippen LogP contribution in [-0.2, 0) is 0 Å². The largest absolute Gasteiger partial charge is 0.493 e. The van der Waals surface area contributed by atoms with Gasteiger partial charge in [0.1, 0.15) is 5.75 Å². The highest BCUT2D eigenvalue weighted by Gasteiger charge is 2.64. The van der Waals surface area contributed by atoms with Crippen LogP contribution in [0.5, 0.6) is 5.75 Å². The fourth-order valence-corrected chi connectivity index (χ4v) is 3.56. The standard InChI is InChI=1S/C21H34N2O/c1-9-10-23(8)14-22-17-11-16(3)18(12-15(17)2)24-13-19-20(4,5)21(19,6)7/h11-12,14,19H,9-10,13H2,1-8H3. The van der Waals surface area contributed by atoms with Gasteiger partial charge in [0.05, 0.1) is 18.6 Å². The number of aliphatic imine (C=N–C) groups is 1. The summed E-state index contributed by atoms with van der Waals surface area (Å²) >= 11 is 0. The smallest absolute Gasteiger partial charge is 0.122 e. The van der Waals surface area contributed by atoms with Gasteiger partial charge >= 0.3 is 0 Å². The van der Waals surface area contributed by atoms with Gasteiger partial charge in [0.2, 0.25) is 0 Å². The SMILES string of the molecule is CCCN(C)C=Nc1cc(C)c(OCC2C(C)(C)C2(C)C)cc1C. The Morgan fingerprint density at radius 1 is 1.12 bits per heavy atom. The summed E-state index contributed by atoms with van der Waals surface area (Å²) in [5.41, 5.74) is 4.07. The molecule has 1 saturated carbocycles. The third-order valence-corrected chi connectivity index (χ3v) is 6.19. The van der Waals surface area contributed by atoms with Crippen LogP contribution >= 0.6 is 0 Å². The molecule has 1 aliphatic rings. The molecule has 2 rings (SSSR count). The molecular formula is C21H34N2O. The lowest BCUT2D eigenvalue weighted by Crippen LogP contribution is -2.16. The predicted octanol–water partition coefficient (Wildman–Crippen LogP) is 5.37. The van der Waals surface area contributed by atoms with E-state index in [4.69, 9.17) is 4.74 Å². The molecular weight excluding hydrogens is 296 g/mol. The Kier molecular flexibility index (Phi) is 5.31. The zero-order chi connectivity index (χ0) is 18.1. The van der Waals surface area contributed by atoms with Gasteiger partial charge < -0.3 is 9.64 Å². The summed E-state index contributed by atoms with van der Waals surface area (Å²) in [4.78, 5) is 6.75. The second-order valence-corrected chi connectivity index (χ2v) is 8.44. The van der Waals surface area contributed by atoms with Crippen LogP contribution in [0.25, 0.3) is 0 Å². The molecule has 1 aromatic carbocycles. The number of hydrogen-bond acceptors (Lipinski definition) is 2. The van der Waals surface area contributed by atoms with Gasteiger partial charge in [-0.1, -0.05) is 34.6 Å². The van der Waals surface area contributed by atoms with Crippen LogP contribution < -0.4 is 4.74 Å². The van der Waals surface area contributed by atoms with E-state index in [1.165, 1.54) is 0 Å². The molecule has 0 aromatic heterocycles. The maximum absolute atomic E-state index is 6.17. The maximum atomic E-state index is 6.17. The Morgan fingerprint density at radius 2 is 1.75 bits per heavy atom. The third kappa shape index (κ3) is 3.60. The zero-order valence-electron chi connectivity index (χ0n) is 16.7. The summed E-state index contributed by atoms with van der Waals surface area (Å²) in [7, 11) is 2.06. The van der Waals surface area contributed by atoms with Crippen molar-refractivity contribution in [2.75, 3.05) is 20.2 Å². The van der Waals surface area contributed by atoms with Crippen LogP contribution in [-0.4, -0.2) is 31.4 Å². The van der Waals surface area contributed by atoms with E-state index in [9.17, 15) is 0 Å². The summed E-state index contributed by atoms with van der Waals surface area (Å²) < 4.78 is 6.17. The highest BCUT2D eigenvalue weighted by molar-refractivity contribution is 5.64. The van der Waals surface area contributed by atoms with E-state index in [1.807, 2.05) is 6.34 Å². The van der Waals surface area contributed by atoms with E-state index in [0.717, 1.165) is 42.1 Å². The van der Waals surface area contributed by atoms with Gasteiger partial charge in [-0.25, -0.2) is 4.99 Å². The van der Waals surface area contributed by atoms with Crippen molar-refractivity contribution in [2.24, 2.45) is 21.7 Å². The van der Waals surface area contributed by atoms with E-state index in [1.54, 1.807) is 0 Å². The minimum Gasteiger partial charge on any atom is -0.493 e. The molecule has 0 amide bonds. The fourth-order valence-electron chi connectivity index (χ4n) is 3.56.